The summed E-state index contributed by atoms with van der Waals surface area (Å²) in [6.07, 6.45) is 1.33. The van der Waals surface area contributed by atoms with Gasteiger partial charge in [0, 0.05) is 5.56 Å². The summed E-state index contributed by atoms with van der Waals surface area (Å²) in [5.41, 5.74) is 9.04. The Morgan fingerprint density at radius 1 is 1.38 bits per heavy atom. The van der Waals surface area contributed by atoms with Crippen molar-refractivity contribution in [3.63, 3.8) is 0 Å². The number of aromatic nitrogens is 5. The van der Waals surface area contributed by atoms with Gasteiger partial charge in [0.2, 0.25) is 11.6 Å². The number of hydrazone groups is 1. The molecule has 2 heterocycles. The number of rotatable bonds is 5. The highest BCUT2D eigenvalue weighted by atomic mass is 16.6. The second kappa shape index (κ2) is 7.01. The fraction of sp³-hybridized carbons (Fsp3) is 0.200. The van der Waals surface area contributed by atoms with Crippen LogP contribution in [0.5, 0.6) is 5.75 Å². The van der Waals surface area contributed by atoms with Gasteiger partial charge >= 0.3 is 0 Å². The summed E-state index contributed by atoms with van der Waals surface area (Å²) >= 11 is 0. The molecule has 2 aromatic heterocycles. The smallest absolute Gasteiger partial charge is 0.293 e. The molecule has 0 radical (unpaired) electrons. The molecular formula is C15H16N8O3. The molecule has 0 spiro atoms. The first-order chi connectivity index (χ1) is 12.5. The van der Waals surface area contributed by atoms with E-state index in [1.807, 2.05) is 13.8 Å². The van der Waals surface area contributed by atoms with Crippen LogP contribution in [0.3, 0.4) is 0 Å². The topological polar surface area (TPSA) is 157 Å². The number of phenols is 1. The number of nitrogens with zero attached hydrogens (tertiary/aromatic N) is 6. The number of amides is 1. The number of benzene rings is 1. The normalized spacial score (nSPS) is 11.3. The van der Waals surface area contributed by atoms with E-state index in [1.165, 1.54) is 17.0 Å². The lowest BCUT2D eigenvalue weighted by atomic mass is 10.1. The van der Waals surface area contributed by atoms with Crippen molar-refractivity contribution >= 4 is 17.9 Å². The number of carbonyl (C=O) groups is 1. The van der Waals surface area contributed by atoms with Gasteiger partial charge in [0.1, 0.15) is 5.75 Å². The minimum absolute atomic E-state index is 0.0290. The Kier molecular flexibility index (Phi) is 4.60. The molecule has 0 aliphatic heterocycles. The second-order valence-corrected chi connectivity index (χ2v) is 5.62. The zero-order chi connectivity index (χ0) is 18.7. The summed E-state index contributed by atoms with van der Waals surface area (Å²) in [6.45, 7) is 3.72. The number of hydrogen-bond acceptors (Lipinski definition) is 9. The molecule has 0 saturated carbocycles. The Labute approximate surface area is 147 Å². The number of para-hydroxylation sites is 1. The van der Waals surface area contributed by atoms with Crippen molar-refractivity contribution in [3.8, 4) is 11.6 Å². The average molecular weight is 356 g/mol. The van der Waals surface area contributed by atoms with Crippen LogP contribution in [0.2, 0.25) is 0 Å². The zero-order valence-corrected chi connectivity index (χ0v) is 14.0. The van der Waals surface area contributed by atoms with Gasteiger partial charge in [0.25, 0.3) is 5.91 Å². The molecule has 3 aromatic rings. The maximum Gasteiger partial charge on any atom is 0.293 e. The van der Waals surface area contributed by atoms with E-state index >= 15 is 0 Å². The molecule has 0 saturated heterocycles. The molecule has 0 aliphatic rings. The number of carbonyl (C=O) groups excluding carboxylic acids is 1. The predicted octanol–water partition coefficient (Wildman–Crippen LogP) is 0.825. The van der Waals surface area contributed by atoms with Crippen molar-refractivity contribution in [3.05, 3.63) is 41.2 Å². The zero-order valence-electron chi connectivity index (χ0n) is 14.0. The van der Waals surface area contributed by atoms with Gasteiger partial charge in [0.05, 0.1) is 11.9 Å². The van der Waals surface area contributed by atoms with Crippen molar-refractivity contribution in [2.45, 2.75) is 19.8 Å². The largest absolute Gasteiger partial charge is 0.507 e. The SMILES string of the molecule is CC(C)c1c(C(=O)N/N=C/c2ccccc2O)nnn1-c1nonc1N. The van der Waals surface area contributed by atoms with E-state index in [-0.39, 0.29) is 29.0 Å². The van der Waals surface area contributed by atoms with Crippen LogP contribution in [-0.4, -0.2) is 42.5 Å². The lowest BCUT2D eigenvalue weighted by molar-refractivity contribution is 0.0948. The summed E-state index contributed by atoms with van der Waals surface area (Å²) < 4.78 is 5.87. The van der Waals surface area contributed by atoms with Crippen LogP contribution in [-0.2, 0) is 0 Å². The summed E-state index contributed by atoms with van der Waals surface area (Å²) in [5.74, 6) is -0.460. The summed E-state index contributed by atoms with van der Waals surface area (Å²) in [7, 11) is 0. The first-order valence-corrected chi connectivity index (χ1v) is 7.64. The summed E-state index contributed by atoms with van der Waals surface area (Å²) in [5, 5.41) is 28.5. The molecule has 1 aromatic carbocycles. The van der Waals surface area contributed by atoms with E-state index in [9.17, 15) is 9.90 Å². The summed E-state index contributed by atoms with van der Waals surface area (Å²) in [6, 6.07) is 6.59. The van der Waals surface area contributed by atoms with E-state index in [1.54, 1.807) is 18.2 Å². The minimum atomic E-state index is -0.568. The van der Waals surface area contributed by atoms with Gasteiger partial charge < -0.3 is 10.8 Å². The fourth-order valence-electron chi connectivity index (χ4n) is 2.27. The second-order valence-electron chi connectivity index (χ2n) is 5.62. The van der Waals surface area contributed by atoms with Crippen LogP contribution in [0.15, 0.2) is 34.0 Å². The van der Waals surface area contributed by atoms with Crippen LogP contribution in [0.4, 0.5) is 5.82 Å². The Morgan fingerprint density at radius 3 is 2.81 bits per heavy atom. The Balaban J connectivity index is 1.85. The fourth-order valence-corrected chi connectivity index (χ4v) is 2.27. The quantitative estimate of drug-likeness (QED) is 0.448. The van der Waals surface area contributed by atoms with Gasteiger partial charge in [-0.15, -0.1) is 5.10 Å². The van der Waals surface area contributed by atoms with Crippen molar-refractivity contribution in [2.24, 2.45) is 5.10 Å². The molecule has 3 rings (SSSR count). The van der Waals surface area contributed by atoms with Crippen molar-refractivity contribution in [2.75, 3.05) is 5.73 Å². The Morgan fingerprint density at radius 2 is 2.15 bits per heavy atom. The molecular weight excluding hydrogens is 340 g/mol. The minimum Gasteiger partial charge on any atom is -0.507 e. The monoisotopic (exact) mass is 356 g/mol. The average Bonchev–Trinajstić information content (AvgIpc) is 3.22. The lowest BCUT2D eigenvalue weighted by Gasteiger charge is -2.08. The van der Waals surface area contributed by atoms with Crippen molar-refractivity contribution in [1.82, 2.24) is 30.7 Å². The predicted molar refractivity (Wildman–Crippen MR) is 90.9 cm³/mol. The van der Waals surface area contributed by atoms with Gasteiger partial charge in [-0.1, -0.05) is 31.2 Å². The number of anilines is 1. The Hall–Kier alpha value is -3.76. The van der Waals surface area contributed by atoms with Crippen molar-refractivity contribution < 1.29 is 14.5 Å². The third-order valence-corrected chi connectivity index (χ3v) is 3.47. The maximum atomic E-state index is 12.4. The van der Waals surface area contributed by atoms with E-state index < -0.39 is 5.91 Å². The number of nitrogens with two attached hydrogens (primary N) is 1. The molecule has 26 heavy (non-hydrogen) atoms. The van der Waals surface area contributed by atoms with Crippen LogP contribution < -0.4 is 11.2 Å². The number of nitrogen functional groups attached to an aromatic ring is 1. The first kappa shape index (κ1) is 17.1. The highest BCUT2D eigenvalue weighted by Crippen LogP contribution is 2.22. The standard InChI is InChI=1S/C15H16N8O3/c1-8(2)12-11(18-22-23(12)14-13(16)20-26-21-14)15(25)19-17-7-9-5-3-4-6-10(9)24/h3-8,24H,1-2H3,(H2,16,20)(H,19,25)/b17-7+. The van der Waals surface area contributed by atoms with E-state index in [2.05, 4.69) is 35.8 Å². The van der Waals surface area contributed by atoms with Gasteiger partial charge in [-0.25, -0.2) is 10.1 Å². The number of nitrogens with one attached hydrogen (secondary N) is 1. The molecule has 0 aliphatic carbocycles. The third-order valence-electron chi connectivity index (χ3n) is 3.47. The molecule has 0 bridgehead atoms. The van der Waals surface area contributed by atoms with E-state index in [0.29, 0.717) is 11.3 Å². The first-order valence-electron chi connectivity index (χ1n) is 7.64. The Bertz CT molecular complexity index is 959. The molecule has 11 nitrogen and oxygen atoms in total. The van der Waals surface area contributed by atoms with Gasteiger partial charge in [-0.2, -0.15) is 9.78 Å². The van der Waals surface area contributed by atoms with Crippen LogP contribution in [0.25, 0.3) is 5.82 Å². The molecule has 134 valence electrons. The van der Waals surface area contributed by atoms with Gasteiger partial charge in [0.15, 0.2) is 5.69 Å². The molecule has 0 unspecified atom stereocenters. The number of aromatic hydroxyl groups is 1. The molecule has 4 N–H and O–H groups in total. The summed E-state index contributed by atoms with van der Waals surface area (Å²) in [4.78, 5) is 12.4. The molecule has 0 fully saturated rings. The van der Waals surface area contributed by atoms with Gasteiger partial charge in [-0.05, 0) is 28.4 Å². The molecule has 1 amide bonds. The van der Waals surface area contributed by atoms with E-state index in [4.69, 9.17) is 5.73 Å². The van der Waals surface area contributed by atoms with E-state index in [0.717, 1.165) is 0 Å². The molecule has 0 atom stereocenters. The molecule has 11 heteroatoms. The van der Waals surface area contributed by atoms with Gasteiger partial charge in [-0.3, -0.25) is 4.79 Å². The van der Waals surface area contributed by atoms with Crippen molar-refractivity contribution in [1.29, 1.82) is 0 Å². The highest BCUT2D eigenvalue weighted by Gasteiger charge is 2.25. The number of phenolic OH excluding ortho intramolecular Hbond substituents is 1. The maximum absolute atomic E-state index is 12.4. The highest BCUT2D eigenvalue weighted by molar-refractivity contribution is 5.94. The van der Waals surface area contributed by atoms with Crippen LogP contribution in [0.1, 0.15) is 41.5 Å². The van der Waals surface area contributed by atoms with Crippen LogP contribution in [0, 0.1) is 0 Å². The lowest BCUT2D eigenvalue weighted by Crippen LogP contribution is -2.21. The van der Waals surface area contributed by atoms with Crippen LogP contribution >= 0.6 is 0 Å². The third kappa shape index (κ3) is 3.22. The number of hydrogen-bond donors (Lipinski definition) is 3.